The van der Waals surface area contributed by atoms with Crippen LogP contribution in [0.5, 0.6) is 0 Å². The van der Waals surface area contributed by atoms with Crippen molar-refractivity contribution in [1.82, 2.24) is 24.8 Å². The number of hydrogen-bond donors (Lipinski definition) is 3. The van der Waals surface area contributed by atoms with Gasteiger partial charge in [0.15, 0.2) is 0 Å². The first kappa shape index (κ1) is 24.7. The molecule has 0 spiro atoms. The van der Waals surface area contributed by atoms with Crippen molar-refractivity contribution in [3.8, 4) is 6.07 Å². The molecule has 0 radical (unpaired) electrons. The summed E-state index contributed by atoms with van der Waals surface area (Å²) >= 11 is 0. The van der Waals surface area contributed by atoms with Gasteiger partial charge in [0, 0.05) is 86.2 Å². The minimum atomic E-state index is 0.219. The van der Waals surface area contributed by atoms with E-state index in [-0.39, 0.29) is 6.61 Å². The van der Waals surface area contributed by atoms with Crippen LogP contribution in [0, 0.1) is 18.3 Å². The Hall–Kier alpha value is -4.03. The Balaban J connectivity index is 1.30. The minimum Gasteiger partial charge on any atom is -0.395 e. The maximum Gasteiger partial charge on any atom is 0.103 e. The SMILES string of the molecule is Cc1c(Nc2c(C#N)cncc2C=Cc2ccc(CN3CCN(CCO)CC3)cn2)ccc2[nH]ccc12. The van der Waals surface area contributed by atoms with Gasteiger partial charge in [-0.25, -0.2) is 0 Å². The largest absolute Gasteiger partial charge is 0.395 e. The molecule has 1 aliphatic rings. The topological polar surface area (TPSA) is 104 Å². The normalized spacial score (nSPS) is 14.8. The number of fused-ring (bicyclic) bond motifs is 1. The number of aromatic nitrogens is 3. The van der Waals surface area contributed by atoms with E-state index in [4.69, 9.17) is 5.11 Å². The van der Waals surface area contributed by atoms with E-state index >= 15 is 0 Å². The van der Waals surface area contributed by atoms with Gasteiger partial charge in [-0.15, -0.1) is 0 Å². The highest BCUT2D eigenvalue weighted by molar-refractivity contribution is 5.90. The van der Waals surface area contributed by atoms with Gasteiger partial charge in [-0.3, -0.25) is 19.8 Å². The molecule has 37 heavy (non-hydrogen) atoms. The van der Waals surface area contributed by atoms with Crippen molar-refractivity contribution >= 4 is 34.4 Å². The number of aliphatic hydroxyl groups excluding tert-OH is 1. The third-order valence-electron chi connectivity index (χ3n) is 6.93. The van der Waals surface area contributed by atoms with Crippen LogP contribution in [0.3, 0.4) is 0 Å². The summed E-state index contributed by atoms with van der Waals surface area (Å²) < 4.78 is 0. The van der Waals surface area contributed by atoms with Crippen LogP contribution in [0.4, 0.5) is 11.4 Å². The summed E-state index contributed by atoms with van der Waals surface area (Å²) in [5, 5.41) is 23.5. The van der Waals surface area contributed by atoms with Crippen molar-refractivity contribution in [2.45, 2.75) is 13.5 Å². The highest BCUT2D eigenvalue weighted by Gasteiger charge is 2.16. The molecule has 1 aliphatic heterocycles. The van der Waals surface area contributed by atoms with Gasteiger partial charge in [0.1, 0.15) is 6.07 Å². The number of aryl methyl sites for hydroxylation is 1. The van der Waals surface area contributed by atoms with Crippen LogP contribution in [0.1, 0.15) is 27.9 Å². The predicted molar refractivity (Wildman–Crippen MR) is 147 cm³/mol. The Kier molecular flexibility index (Phi) is 7.57. The number of β-amino-alcohol motifs (C(OH)–C–C–N with tert-alkyl or cyclic N) is 1. The van der Waals surface area contributed by atoms with Crippen LogP contribution in [0.15, 0.2) is 55.1 Å². The smallest absolute Gasteiger partial charge is 0.103 e. The van der Waals surface area contributed by atoms with E-state index in [1.165, 1.54) is 5.56 Å². The quantitative estimate of drug-likeness (QED) is 0.339. The van der Waals surface area contributed by atoms with Crippen molar-refractivity contribution in [2.75, 3.05) is 44.6 Å². The summed E-state index contributed by atoms with van der Waals surface area (Å²) in [4.78, 5) is 16.9. The molecule has 4 heterocycles. The fourth-order valence-electron chi connectivity index (χ4n) is 4.76. The van der Waals surface area contributed by atoms with E-state index in [0.717, 1.165) is 78.4 Å². The maximum atomic E-state index is 9.73. The van der Waals surface area contributed by atoms with Gasteiger partial charge < -0.3 is 15.4 Å². The number of hydrogen-bond acceptors (Lipinski definition) is 7. The summed E-state index contributed by atoms with van der Waals surface area (Å²) in [5.41, 5.74) is 7.19. The lowest BCUT2D eigenvalue weighted by atomic mass is 10.1. The van der Waals surface area contributed by atoms with Crippen LogP contribution in [0.25, 0.3) is 23.1 Å². The number of aromatic amines is 1. The molecular formula is C29H31N7O. The number of nitrogens with one attached hydrogen (secondary N) is 2. The second-order valence-electron chi connectivity index (χ2n) is 9.33. The molecule has 0 atom stereocenters. The number of rotatable bonds is 8. The number of benzene rings is 1. The number of anilines is 2. The number of pyridine rings is 2. The lowest BCUT2D eigenvalue weighted by Crippen LogP contribution is -2.46. The van der Waals surface area contributed by atoms with Crippen molar-refractivity contribution in [3.63, 3.8) is 0 Å². The van der Waals surface area contributed by atoms with Gasteiger partial charge in [0.25, 0.3) is 0 Å². The lowest BCUT2D eigenvalue weighted by molar-refractivity contribution is 0.108. The summed E-state index contributed by atoms with van der Waals surface area (Å²) in [6.45, 7) is 7.88. The average Bonchev–Trinajstić information content (AvgIpc) is 3.41. The van der Waals surface area contributed by atoms with E-state index in [0.29, 0.717) is 5.56 Å². The van der Waals surface area contributed by atoms with Crippen molar-refractivity contribution in [1.29, 1.82) is 5.26 Å². The monoisotopic (exact) mass is 493 g/mol. The Bertz CT molecular complexity index is 1430. The van der Waals surface area contributed by atoms with Crippen LogP contribution < -0.4 is 5.32 Å². The maximum absolute atomic E-state index is 9.73. The van der Waals surface area contributed by atoms with Gasteiger partial charge >= 0.3 is 0 Å². The summed E-state index contributed by atoms with van der Waals surface area (Å²) in [6.07, 6.45) is 11.1. The number of H-pyrrole nitrogens is 1. The fourth-order valence-corrected chi connectivity index (χ4v) is 4.76. The van der Waals surface area contributed by atoms with E-state index in [1.807, 2.05) is 42.7 Å². The zero-order valence-corrected chi connectivity index (χ0v) is 21.0. The van der Waals surface area contributed by atoms with Crippen LogP contribution >= 0.6 is 0 Å². The van der Waals surface area contributed by atoms with Gasteiger partial charge in [0.05, 0.1) is 23.6 Å². The molecule has 8 heteroatoms. The highest BCUT2D eigenvalue weighted by Crippen LogP contribution is 2.31. The van der Waals surface area contributed by atoms with Crippen LogP contribution in [-0.2, 0) is 6.54 Å². The Morgan fingerprint density at radius 2 is 1.89 bits per heavy atom. The average molecular weight is 494 g/mol. The molecule has 0 aliphatic carbocycles. The molecule has 188 valence electrons. The standard InChI is InChI=1S/C29H31N7O/c1-21-26-8-9-32-28(26)7-6-27(21)34-29-23(18-31-19-24(29)16-30)3-5-25-4-2-22(17-33-25)20-36-12-10-35(11-13-36)14-15-37/h2-9,17-19,32,37H,10-15,20H2,1H3,(H,31,34). The molecule has 3 N–H and O–H groups in total. The van der Waals surface area contributed by atoms with Gasteiger partial charge in [-0.2, -0.15) is 5.26 Å². The first-order valence-corrected chi connectivity index (χ1v) is 12.5. The van der Waals surface area contributed by atoms with Crippen LogP contribution in [-0.4, -0.2) is 69.2 Å². The van der Waals surface area contributed by atoms with Gasteiger partial charge in [-0.05, 0) is 54.5 Å². The fraction of sp³-hybridized carbons (Fsp3) is 0.276. The zero-order valence-electron chi connectivity index (χ0n) is 21.0. The van der Waals surface area contributed by atoms with E-state index < -0.39 is 0 Å². The van der Waals surface area contributed by atoms with E-state index in [1.54, 1.807) is 12.4 Å². The molecule has 1 fully saturated rings. The number of nitriles is 1. The van der Waals surface area contributed by atoms with Gasteiger partial charge in [0.2, 0.25) is 0 Å². The van der Waals surface area contributed by atoms with E-state index in [9.17, 15) is 5.26 Å². The Morgan fingerprint density at radius 3 is 2.65 bits per heavy atom. The summed E-state index contributed by atoms with van der Waals surface area (Å²) in [5.74, 6) is 0. The number of piperazine rings is 1. The summed E-state index contributed by atoms with van der Waals surface area (Å²) in [7, 11) is 0. The molecule has 5 rings (SSSR count). The molecule has 0 saturated carbocycles. The van der Waals surface area contributed by atoms with Gasteiger partial charge in [-0.1, -0.05) is 6.07 Å². The molecule has 0 bridgehead atoms. The summed E-state index contributed by atoms with van der Waals surface area (Å²) in [6, 6.07) is 12.5. The minimum absolute atomic E-state index is 0.219. The Labute approximate surface area is 216 Å². The lowest BCUT2D eigenvalue weighted by Gasteiger charge is -2.34. The third-order valence-corrected chi connectivity index (χ3v) is 6.93. The number of aliphatic hydroxyl groups is 1. The van der Waals surface area contributed by atoms with Crippen molar-refractivity contribution in [3.05, 3.63) is 83.1 Å². The molecular weight excluding hydrogens is 462 g/mol. The van der Waals surface area contributed by atoms with Crippen LogP contribution in [0.2, 0.25) is 0 Å². The molecule has 1 aromatic carbocycles. The molecule has 3 aromatic heterocycles. The molecule has 4 aromatic rings. The second kappa shape index (κ2) is 11.4. The predicted octanol–water partition coefficient (Wildman–Crippen LogP) is 4.16. The molecule has 8 nitrogen and oxygen atoms in total. The van der Waals surface area contributed by atoms with Crippen molar-refractivity contribution in [2.24, 2.45) is 0 Å². The van der Waals surface area contributed by atoms with E-state index in [2.05, 4.69) is 55.2 Å². The Morgan fingerprint density at radius 1 is 1.05 bits per heavy atom. The first-order chi connectivity index (χ1) is 18.1. The highest BCUT2D eigenvalue weighted by atomic mass is 16.3. The zero-order chi connectivity index (χ0) is 25.6. The number of nitrogens with zero attached hydrogens (tertiary/aromatic N) is 5. The van der Waals surface area contributed by atoms with Crippen molar-refractivity contribution < 1.29 is 5.11 Å². The molecule has 1 saturated heterocycles. The molecule has 0 amide bonds. The second-order valence-corrected chi connectivity index (χ2v) is 9.33. The molecule has 0 unspecified atom stereocenters. The first-order valence-electron chi connectivity index (χ1n) is 12.5. The third kappa shape index (κ3) is 5.70.